The van der Waals surface area contributed by atoms with Crippen molar-refractivity contribution in [2.75, 3.05) is 25.1 Å². The molecule has 0 aliphatic carbocycles. The molecule has 0 bridgehead atoms. The molecule has 0 aromatic carbocycles. The first-order valence-corrected chi connectivity index (χ1v) is 5.50. The zero-order valence-corrected chi connectivity index (χ0v) is 8.25. The van der Waals surface area contributed by atoms with E-state index in [1.807, 2.05) is 11.8 Å². The fraction of sp³-hybridized carbons (Fsp3) is 0.875. The second-order valence-electron chi connectivity index (χ2n) is 2.98. The van der Waals surface area contributed by atoms with Gasteiger partial charge in [0, 0.05) is 6.04 Å². The molecule has 0 aromatic heterocycles. The van der Waals surface area contributed by atoms with Gasteiger partial charge in [0.15, 0.2) is 0 Å². The Kier molecular flexibility index (Phi) is 4.46. The standard InChI is InChI=1S/C8H16N2OS/c1-9-6-8(11)10-7-2-4-12-5-3-7/h7,9H,2-6H2,1H3,(H,10,11). The quantitative estimate of drug-likeness (QED) is 0.665. The van der Waals surface area contributed by atoms with Crippen molar-refractivity contribution in [2.45, 2.75) is 18.9 Å². The minimum absolute atomic E-state index is 0.120. The van der Waals surface area contributed by atoms with Gasteiger partial charge >= 0.3 is 0 Å². The van der Waals surface area contributed by atoms with Gasteiger partial charge in [0.1, 0.15) is 0 Å². The van der Waals surface area contributed by atoms with Gasteiger partial charge in [0.25, 0.3) is 0 Å². The third kappa shape index (κ3) is 3.45. The first-order chi connectivity index (χ1) is 5.83. The maximum absolute atomic E-state index is 11.1. The molecule has 70 valence electrons. The minimum Gasteiger partial charge on any atom is -0.352 e. The van der Waals surface area contributed by atoms with E-state index >= 15 is 0 Å². The van der Waals surface area contributed by atoms with Gasteiger partial charge in [-0.3, -0.25) is 4.79 Å². The van der Waals surface area contributed by atoms with Gasteiger partial charge in [-0.05, 0) is 31.4 Å². The first kappa shape index (κ1) is 9.86. The van der Waals surface area contributed by atoms with Crippen LogP contribution in [-0.2, 0) is 4.79 Å². The van der Waals surface area contributed by atoms with E-state index < -0.39 is 0 Å². The van der Waals surface area contributed by atoms with Crippen LogP contribution in [-0.4, -0.2) is 37.0 Å². The third-order valence-electron chi connectivity index (χ3n) is 1.92. The Morgan fingerprint density at radius 2 is 2.17 bits per heavy atom. The number of hydrogen-bond donors (Lipinski definition) is 2. The molecule has 0 unspecified atom stereocenters. The summed E-state index contributed by atoms with van der Waals surface area (Å²) in [5, 5.41) is 5.84. The van der Waals surface area contributed by atoms with Crippen molar-refractivity contribution in [1.82, 2.24) is 10.6 Å². The van der Waals surface area contributed by atoms with E-state index in [-0.39, 0.29) is 5.91 Å². The maximum Gasteiger partial charge on any atom is 0.234 e. The molecule has 1 fully saturated rings. The van der Waals surface area contributed by atoms with E-state index in [9.17, 15) is 4.79 Å². The Morgan fingerprint density at radius 3 is 2.75 bits per heavy atom. The van der Waals surface area contributed by atoms with Crippen LogP contribution in [0.4, 0.5) is 0 Å². The van der Waals surface area contributed by atoms with Gasteiger partial charge in [-0.1, -0.05) is 0 Å². The number of thioether (sulfide) groups is 1. The number of nitrogens with one attached hydrogen (secondary N) is 2. The van der Waals surface area contributed by atoms with E-state index in [0.29, 0.717) is 12.6 Å². The second kappa shape index (κ2) is 5.43. The van der Waals surface area contributed by atoms with Gasteiger partial charge in [-0.2, -0.15) is 11.8 Å². The molecule has 0 spiro atoms. The first-order valence-electron chi connectivity index (χ1n) is 4.34. The lowest BCUT2D eigenvalue weighted by molar-refractivity contribution is -0.120. The lowest BCUT2D eigenvalue weighted by Gasteiger charge is -2.22. The highest BCUT2D eigenvalue weighted by Crippen LogP contribution is 2.16. The van der Waals surface area contributed by atoms with E-state index in [2.05, 4.69) is 10.6 Å². The zero-order chi connectivity index (χ0) is 8.81. The number of carbonyl (C=O) groups is 1. The molecule has 12 heavy (non-hydrogen) atoms. The Morgan fingerprint density at radius 1 is 1.50 bits per heavy atom. The summed E-state index contributed by atoms with van der Waals surface area (Å²) in [4.78, 5) is 11.1. The van der Waals surface area contributed by atoms with E-state index in [4.69, 9.17) is 0 Å². The van der Waals surface area contributed by atoms with Crippen LogP contribution in [0.1, 0.15) is 12.8 Å². The monoisotopic (exact) mass is 188 g/mol. The largest absolute Gasteiger partial charge is 0.352 e. The average molecular weight is 188 g/mol. The Balaban J connectivity index is 2.15. The van der Waals surface area contributed by atoms with Crippen molar-refractivity contribution in [1.29, 1.82) is 0 Å². The summed E-state index contributed by atoms with van der Waals surface area (Å²) in [7, 11) is 1.79. The Labute approximate surface area is 77.7 Å². The minimum atomic E-state index is 0.120. The third-order valence-corrected chi connectivity index (χ3v) is 2.97. The molecule has 0 radical (unpaired) electrons. The molecule has 1 aliphatic rings. The maximum atomic E-state index is 11.1. The molecule has 0 saturated carbocycles. The highest BCUT2D eigenvalue weighted by atomic mass is 32.2. The normalized spacial score (nSPS) is 19.1. The van der Waals surface area contributed by atoms with Gasteiger partial charge < -0.3 is 10.6 Å². The Hall–Kier alpha value is -0.220. The molecule has 4 heteroatoms. The molecule has 2 N–H and O–H groups in total. The van der Waals surface area contributed by atoms with E-state index in [1.165, 1.54) is 11.5 Å². The fourth-order valence-electron chi connectivity index (χ4n) is 1.28. The van der Waals surface area contributed by atoms with Crippen molar-refractivity contribution in [2.24, 2.45) is 0 Å². The molecule has 1 aliphatic heterocycles. The molecular formula is C8H16N2OS. The molecule has 1 heterocycles. The molecule has 3 nitrogen and oxygen atoms in total. The average Bonchev–Trinajstić information content (AvgIpc) is 2.06. The van der Waals surface area contributed by atoms with Crippen LogP contribution >= 0.6 is 11.8 Å². The van der Waals surface area contributed by atoms with Crippen LogP contribution in [0.5, 0.6) is 0 Å². The molecule has 1 amide bonds. The van der Waals surface area contributed by atoms with Crippen LogP contribution in [0.25, 0.3) is 0 Å². The lowest BCUT2D eigenvalue weighted by Crippen LogP contribution is -2.41. The molecule has 1 rings (SSSR count). The number of amides is 1. The second-order valence-corrected chi connectivity index (χ2v) is 4.21. The summed E-state index contributed by atoms with van der Waals surface area (Å²) in [6, 6.07) is 0.423. The number of carbonyl (C=O) groups excluding carboxylic acids is 1. The van der Waals surface area contributed by atoms with Crippen LogP contribution < -0.4 is 10.6 Å². The van der Waals surface area contributed by atoms with Crippen LogP contribution in [0.3, 0.4) is 0 Å². The molecular weight excluding hydrogens is 172 g/mol. The van der Waals surface area contributed by atoms with Crippen molar-refractivity contribution in [3.05, 3.63) is 0 Å². The predicted octanol–water partition coefficient (Wildman–Crippen LogP) is 0.218. The van der Waals surface area contributed by atoms with Crippen LogP contribution in [0.2, 0.25) is 0 Å². The van der Waals surface area contributed by atoms with Crippen molar-refractivity contribution in [3.8, 4) is 0 Å². The zero-order valence-electron chi connectivity index (χ0n) is 7.43. The van der Waals surface area contributed by atoms with E-state index in [1.54, 1.807) is 7.05 Å². The van der Waals surface area contributed by atoms with E-state index in [0.717, 1.165) is 12.8 Å². The van der Waals surface area contributed by atoms with Gasteiger partial charge in [0.2, 0.25) is 5.91 Å². The van der Waals surface area contributed by atoms with Crippen molar-refractivity contribution >= 4 is 17.7 Å². The summed E-state index contributed by atoms with van der Waals surface area (Å²) in [5.74, 6) is 2.49. The lowest BCUT2D eigenvalue weighted by atomic mass is 10.1. The fourth-order valence-corrected chi connectivity index (χ4v) is 2.39. The highest BCUT2D eigenvalue weighted by Gasteiger charge is 2.14. The smallest absolute Gasteiger partial charge is 0.234 e. The van der Waals surface area contributed by atoms with Crippen molar-refractivity contribution < 1.29 is 4.79 Å². The topological polar surface area (TPSA) is 41.1 Å². The summed E-state index contributed by atoms with van der Waals surface area (Å²) >= 11 is 1.97. The van der Waals surface area contributed by atoms with Gasteiger partial charge in [-0.15, -0.1) is 0 Å². The molecule has 1 saturated heterocycles. The summed E-state index contributed by atoms with van der Waals surface area (Å²) in [6.07, 6.45) is 2.25. The number of rotatable bonds is 3. The number of hydrogen-bond acceptors (Lipinski definition) is 3. The van der Waals surface area contributed by atoms with Crippen LogP contribution in [0.15, 0.2) is 0 Å². The summed E-state index contributed by atoms with van der Waals surface area (Å²) in [6.45, 7) is 0.434. The van der Waals surface area contributed by atoms with Gasteiger partial charge in [-0.25, -0.2) is 0 Å². The summed E-state index contributed by atoms with van der Waals surface area (Å²) in [5.41, 5.74) is 0. The van der Waals surface area contributed by atoms with Crippen LogP contribution in [0, 0.1) is 0 Å². The van der Waals surface area contributed by atoms with Gasteiger partial charge in [0.05, 0.1) is 6.54 Å². The highest BCUT2D eigenvalue weighted by molar-refractivity contribution is 7.99. The van der Waals surface area contributed by atoms with Crippen molar-refractivity contribution in [3.63, 3.8) is 0 Å². The Bertz CT molecular complexity index is 146. The summed E-state index contributed by atoms with van der Waals surface area (Å²) < 4.78 is 0. The molecule has 0 atom stereocenters. The number of likely N-dealkylation sites (N-methyl/N-ethyl adjacent to an activating group) is 1. The SMILES string of the molecule is CNCC(=O)NC1CCSCC1. The molecule has 0 aromatic rings. The predicted molar refractivity (Wildman–Crippen MR) is 52.4 cm³/mol.